The van der Waals surface area contributed by atoms with Gasteiger partial charge in [0.15, 0.2) is 5.82 Å². The van der Waals surface area contributed by atoms with Crippen LogP contribution in [0.2, 0.25) is 0 Å². The van der Waals surface area contributed by atoms with E-state index in [9.17, 15) is 4.79 Å². The van der Waals surface area contributed by atoms with Gasteiger partial charge in [-0.1, -0.05) is 15.9 Å². The van der Waals surface area contributed by atoms with E-state index in [0.29, 0.717) is 11.6 Å². The van der Waals surface area contributed by atoms with E-state index in [1.807, 2.05) is 32.0 Å². The SMILES string of the molecule is Cc1cc(NC(=O)CSc2ccc(Br)cc2C)n[nH]1. The quantitative estimate of drug-likeness (QED) is 0.838. The molecule has 2 rings (SSSR count). The van der Waals surface area contributed by atoms with Gasteiger partial charge in [-0.25, -0.2) is 0 Å². The fourth-order valence-corrected chi connectivity index (χ4v) is 2.86. The highest BCUT2D eigenvalue weighted by Crippen LogP contribution is 2.25. The van der Waals surface area contributed by atoms with Crippen molar-refractivity contribution in [1.29, 1.82) is 0 Å². The maximum Gasteiger partial charge on any atom is 0.235 e. The van der Waals surface area contributed by atoms with E-state index in [4.69, 9.17) is 0 Å². The van der Waals surface area contributed by atoms with Crippen LogP contribution >= 0.6 is 27.7 Å². The molecular weight excluding hydrogens is 326 g/mol. The number of nitrogens with one attached hydrogen (secondary N) is 2. The molecular formula is C13H14BrN3OS. The third kappa shape index (κ3) is 4.11. The van der Waals surface area contributed by atoms with Gasteiger partial charge in [-0.05, 0) is 37.6 Å². The molecule has 0 atom stereocenters. The number of benzene rings is 1. The Kier molecular flexibility index (Phi) is 4.66. The molecule has 0 aliphatic carbocycles. The summed E-state index contributed by atoms with van der Waals surface area (Å²) >= 11 is 4.94. The van der Waals surface area contributed by atoms with Gasteiger partial charge in [-0.15, -0.1) is 11.8 Å². The Morgan fingerprint density at radius 2 is 2.21 bits per heavy atom. The summed E-state index contributed by atoms with van der Waals surface area (Å²) in [5, 5.41) is 9.51. The number of hydrogen-bond acceptors (Lipinski definition) is 3. The maximum absolute atomic E-state index is 11.8. The number of carbonyl (C=O) groups is 1. The number of anilines is 1. The predicted octanol–water partition coefficient (Wildman–Crippen LogP) is 3.52. The fraction of sp³-hybridized carbons (Fsp3) is 0.231. The molecule has 0 spiro atoms. The molecule has 6 heteroatoms. The number of aromatic nitrogens is 2. The topological polar surface area (TPSA) is 57.8 Å². The molecule has 19 heavy (non-hydrogen) atoms. The molecule has 0 fully saturated rings. The van der Waals surface area contributed by atoms with E-state index in [2.05, 4.69) is 31.4 Å². The van der Waals surface area contributed by atoms with Crippen LogP contribution in [-0.4, -0.2) is 21.9 Å². The number of thioether (sulfide) groups is 1. The van der Waals surface area contributed by atoms with Crippen LogP contribution in [0.5, 0.6) is 0 Å². The number of halogens is 1. The second kappa shape index (κ2) is 6.25. The van der Waals surface area contributed by atoms with Crippen LogP contribution in [0.4, 0.5) is 5.82 Å². The predicted molar refractivity (Wildman–Crippen MR) is 81.6 cm³/mol. The average molecular weight is 340 g/mol. The van der Waals surface area contributed by atoms with Crippen LogP contribution in [0.3, 0.4) is 0 Å². The number of aryl methyl sites for hydroxylation is 2. The fourth-order valence-electron chi connectivity index (χ4n) is 1.58. The normalized spacial score (nSPS) is 10.5. The van der Waals surface area contributed by atoms with Crippen molar-refractivity contribution in [3.05, 3.63) is 40.0 Å². The van der Waals surface area contributed by atoms with Crippen LogP contribution in [0.25, 0.3) is 0 Å². The van der Waals surface area contributed by atoms with Gasteiger partial charge in [0.05, 0.1) is 5.75 Å². The van der Waals surface area contributed by atoms with Gasteiger partial charge in [-0.2, -0.15) is 5.10 Å². The van der Waals surface area contributed by atoms with E-state index in [1.54, 1.807) is 6.07 Å². The van der Waals surface area contributed by atoms with Crippen molar-refractivity contribution in [2.24, 2.45) is 0 Å². The van der Waals surface area contributed by atoms with Crippen molar-refractivity contribution >= 4 is 39.4 Å². The molecule has 2 aromatic rings. The minimum absolute atomic E-state index is 0.0566. The van der Waals surface area contributed by atoms with Crippen molar-refractivity contribution in [2.45, 2.75) is 18.7 Å². The molecule has 100 valence electrons. The van der Waals surface area contributed by atoms with E-state index >= 15 is 0 Å². The Balaban J connectivity index is 1.89. The van der Waals surface area contributed by atoms with Crippen LogP contribution in [0.15, 0.2) is 33.6 Å². The first-order chi connectivity index (χ1) is 9.04. The van der Waals surface area contributed by atoms with E-state index in [0.717, 1.165) is 20.6 Å². The molecule has 0 saturated carbocycles. The summed E-state index contributed by atoms with van der Waals surface area (Å²) < 4.78 is 1.05. The van der Waals surface area contributed by atoms with Crippen molar-refractivity contribution in [2.75, 3.05) is 11.1 Å². The minimum Gasteiger partial charge on any atom is -0.308 e. The molecule has 0 aliphatic heterocycles. The first kappa shape index (κ1) is 14.1. The monoisotopic (exact) mass is 339 g/mol. The van der Waals surface area contributed by atoms with Crippen molar-refractivity contribution in [3.8, 4) is 0 Å². The molecule has 1 aromatic heterocycles. The molecule has 0 saturated heterocycles. The lowest BCUT2D eigenvalue weighted by Gasteiger charge is -2.05. The van der Waals surface area contributed by atoms with Gasteiger partial charge < -0.3 is 5.32 Å². The molecule has 1 heterocycles. The summed E-state index contributed by atoms with van der Waals surface area (Å²) in [6.45, 7) is 3.92. The lowest BCUT2D eigenvalue weighted by molar-refractivity contribution is -0.113. The Labute approximate surface area is 124 Å². The lowest BCUT2D eigenvalue weighted by Crippen LogP contribution is -2.14. The van der Waals surface area contributed by atoms with E-state index in [1.165, 1.54) is 11.8 Å². The number of rotatable bonds is 4. The number of nitrogens with zero attached hydrogens (tertiary/aromatic N) is 1. The zero-order valence-electron chi connectivity index (χ0n) is 10.7. The summed E-state index contributed by atoms with van der Waals surface area (Å²) in [5.41, 5.74) is 2.08. The smallest absolute Gasteiger partial charge is 0.235 e. The summed E-state index contributed by atoms with van der Waals surface area (Å²) in [5.74, 6) is 0.878. The highest BCUT2D eigenvalue weighted by Gasteiger charge is 2.07. The maximum atomic E-state index is 11.8. The van der Waals surface area contributed by atoms with Crippen LogP contribution in [-0.2, 0) is 4.79 Å². The number of H-pyrrole nitrogens is 1. The molecule has 1 aromatic carbocycles. The Bertz CT molecular complexity index is 597. The molecule has 0 bridgehead atoms. The van der Waals surface area contributed by atoms with Crippen molar-refractivity contribution in [1.82, 2.24) is 10.2 Å². The first-order valence-corrected chi connectivity index (χ1v) is 7.53. The Hall–Kier alpha value is -1.27. The minimum atomic E-state index is -0.0566. The second-order valence-corrected chi connectivity index (χ2v) is 6.12. The molecule has 0 aliphatic rings. The standard InChI is InChI=1S/C13H14BrN3OS/c1-8-5-10(14)3-4-11(8)19-7-13(18)15-12-6-9(2)16-17-12/h3-6H,7H2,1-2H3,(H2,15,16,17,18). The zero-order valence-corrected chi connectivity index (χ0v) is 13.1. The van der Waals surface area contributed by atoms with Gasteiger partial charge >= 0.3 is 0 Å². The summed E-state index contributed by atoms with van der Waals surface area (Å²) in [4.78, 5) is 12.9. The number of carbonyl (C=O) groups excluding carboxylic acids is 1. The van der Waals surface area contributed by atoms with Gasteiger partial charge in [0.25, 0.3) is 0 Å². The number of hydrogen-bond donors (Lipinski definition) is 2. The Morgan fingerprint density at radius 1 is 1.42 bits per heavy atom. The Morgan fingerprint density at radius 3 is 2.84 bits per heavy atom. The van der Waals surface area contributed by atoms with Gasteiger partial charge in [-0.3, -0.25) is 9.89 Å². The third-order valence-corrected chi connectivity index (χ3v) is 4.14. The summed E-state index contributed by atoms with van der Waals surface area (Å²) in [6, 6.07) is 7.82. The van der Waals surface area contributed by atoms with Gasteiger partial charge in [0.1, 0.15) is 0 Å². The summed E-state index contributed by atoms with van der Waals surface area (Å²) in [6.07, 6.45) is 0. The average Bonchev–Trinajstić information content (AvgIpc) is 2.73. The van der Waals surface area contributed by atoms with Crippen LogP contribution in [0, 0.1) is 13.8 Å². The zero-order chi connectivity index (χ0) is 13.8. The van der Waals surface area contributed by atoms with Gasteiger partial charge in [0.2, 0.25) is 5.91 Å². The van der Waals surface area contributed by atoms with Gasteiger partial charge in [0, 0.05) is 21.1 Å². The van der Waals surface area contributed by atoms with E-state index < -0.39 is 0 Å². The number of amides is 1. The van der Waals surface area contributed by atoms with Crippen LogP contribution in [0.1, 0.15) is 11.3 Å². The number of aromatic amines is 1. The van der Waals surface area contributed by atoms with Crippen LogP contribution < -0.4 is 5.32 Å². The molecule has 0 radical (unpaired) electrons. The summed E-state index contributed by atoms with van der Waals surface area (Å²) in [7, 11) is 0. The van der Waals surface area contributed by atoms with E-state index in [-0.39, 0.29) is 5.91 Å². The molecule has 0 unspecified atom stereocenters. The third-order valence-electron chi connectivity index (χ3n) is 2.47. The largest absolute Gasteiger partial charge is 0.308 e. The van der Waals surface area contributed by atoms with Crippen molar-refractivity contribution < 1.29 is 4.79 Å². The lowest BCUT2D eigenvalue weighted by atomic mass is 10.2. The highest BCUT2D eigenvalue weighted by molar-refractivity contribution is 9.10. The second-order valence-electron chi connectivity index (χ2n) is 4.18. The highest BCUT2D eigenvalue weighted by atomic mass is 79.9. The first-order valence-electron chi connectivity index (χ1n) is 5.75. The van der Waals surface area contributed by atoms with Crippen molar-refractivity contribution in [3.63, 3.8) is 0 Å². The molecule has 2 N–H and O–H groups in total. The molecule has 1 amide bonds. The molecule has 4 nitrogen and oxygen atoms in total.